The van der Waals surface area contributed by atoms with E-state index >= 15 is 0 Å². The normalized spacial score (nSPS) is 16.7. The molecule has 7 nitrogen and oxygen atoms in total. The summed E-state index contributed by atoms with van der Waals surface area (Å²) in [6, 6.07) is 1.56. The summed E-state index contributed by atoms with van der Waals surface area (Å²) in [5, 5.41) is 5.68. The van der Waals surface area contributed by atoms with Crippen LogP contribution in [0.3, 0.4) is 0 Å². The van der Waals surface area contributed by atoms with Gasteiger partial charge in [0, 0.05) is 6.07 Å². The fourth-order valence-electron chi connectivity index (χ4n) is 2.09. The molecule has 0 bridgehead atoms. The standard InChI is InChI=1S/C11H17N3O4S/c1-8-6-10(14-18-8)13-11(15)7-12-19(16,17)9-4-2-3-5-9/h6,9,12H,2-5,7H2,1H3,(H,13,14,15). The third kappa shape index (κ3) is 3.77. The van der Waals surface area contributed by atoms with Crippen LogP contribution in [0.15, 0.2) is 10.6 Å². The Bertz CT molecular complexity index is 546. The fraction of sp³-hybridized carbons (Fsp3) is 0.636. The lowest BCUT2D eigenvalue weighted by atomic mass is 10.4. The highest BCUT2D eigenvalue weighted by molar-refractivity contribution is 7.90. The predicted octanol–water partition coefficient (Wildman–Crippen LogP) is 0.784. The molecule has 2 N–H and O–H groups in total. The van der Waals surface area contributed by atoms with E-state index in [-0.39, 0.29) is 17.6 Å². The molecule has 1 heterocycles. The number of carbonyl (C=O) groups excluding carboxylic acids is 1. The average molecular weight is 287 g/mol. The zero-order chi connectivity index (χ0) is 13.9. The van der Waals surface area contributed by atoms with Gasteiger partial charge in [0.1, 0.15) is 5.76 Å². The molecule has 0 aromatic carbocycles. The maximum atomic E-state index is 11.9. The van der Waals surface area contributed by atoms with E-state index in [0.29, 0.717) is 18.6 Å². The SMILES string of the molecule is Cc1cc(NC(=O)CNS(=O)(=O)C2CCCC2)no1. The van der Waals surface area contributed by atoms with Crippen molar-refractivity contribution >= 4 is 21.7 Å². The van der Waals surface area contributed by atoms with E-state index in [1.807, 2.05) is 0 Å². The number of sulfonamides is 1. The first-order valence-corrected chi connectivity index (χ1v) is 7.73. The Morgan fingerprint density at radius 3 is 2.74 bits per heavy atom. The van der Waals surface area contributed by atoms with Gasteiger partial charge in [-0.15, -0.1) is 0 Å². The van der Waals surface area contributed by atoms with Gasteiger partial charge in [0.15, 0.2) is 5.82 Å². The Morgan fingerprint density at radius 1 is 1.47 bits per heavy atom. The molecule has 1 aliphatic carbocycles. The molecule has 1 saturated carbocycles. The summed E-state index contributed by atoms with van der Waals surface area (Å²) in [6.45, 7) is 1.41. The number of nitrogens with one attached hydrogen (secondary N) is 2. The Balaban J connectivity index is 1.83. The molecule has 0 atom stereocenters. The highest BCUT2D eigenvalue weighted by Gasteiger charge is 2.28. The van der Waals surface area contributed by atoms with Crippen LogP contribution >= 0.6 is 0 Å². The van der Waals surface area contributed by atoms with Crippen LogP contribution in [0.5, 0.6) is 0 Å². The first-order chi connectivity index (χ1) is 8.97. The van der Waals surface area contributed by atoms with Crippen molar-refractivity contribution in [2.24, 2.45) is 0 Å². The van der Waals surface area contributed by atoms with Crippen molar-refractivity contribution in [1.82, 2.24) is 9.88 Å². The third-order valence-electron chi connectivity index (χ3n) is 3.07. The van der Waals surface area contributed by atoms with E-state index < -0.39 is 15.9 Å². The second kappa shape index (κ2) is 5.70. The van der Waals surface area contributed by atoms with Crippen LogP contribution in [0.1, 0.15) is 31.4 Å². The van der Waals surface area contributed by atoms with Crippen molar-refractivity contribution in [2.75, 3.05) is 11.9 Å². The highest BCUT2D eigenvalue weighted by Crippen LogP contribution is 2.23. The summed E-state index contributed by atoms with van der Waals surface area (Å²) in [6.07, 6.45) is 3.19. The molecule has 0 spiro atoms. The number of aromatic nitrogens is 1. The van der Waals surface area contributed by atoms with Crippen molar-refractivity contribution in [3.63, 3.8) is 0 Å². The molecule has 1 aliphatic rings. The van der Waals surface area contributed by atoms with Gasteiger partial charge in [0.05, 0.1) is 11.8 Å². The minimum Gasteiger partial charge on any atom is -0.360 e. The molecular weight excluding hydrogens is 270 g/mol. The number of aryl methyl sites for hydroxylation is 1. The second-order valence-electron chi connectivity index (χ2n) is 4.64. The first kappa shape index (κ1) is 14.0. The molecule has 1 aromatic rings. The molecule has 1 aromatic heterocycles. The van der Waals surface area contributed by atoms with Crippen molar-refractivity contribution in [1.29, 1.82) is 0 Å². The molecular formula is C11H17N3O4S. The van der Waals surface area contributed by atoms with Gasteiger partial charge in [0.2, 0.25) is 15.9 Å². The number of hydrogen-bond donors (Lipinski definition) is 2. The van der Waals surface area contributed by atoms with E-state index in [4.69, 9.17) is 4.52 Å². The largest absolute Gasteiger partial charge is 0.360 e. The second-order valence-corrected chi connectivity index (χ2v) is 6.69. The van der Waals surface area contributed by atoms with Gasteiger partial charge in [0.25, 0.3) is 0 Å². The van der Waals surface area contributed by atoms with Gasteiger partial charge >= 0.3 is 0 Å². The van der Waals surface area contributed by atoms with Crippen molar-refractivity contribution in [3.8, 4) is 0 Å². The quantitative estimate of drug-likeness (QED) is 0.833. The zero-order valence-corrected chi connectivity index (χ0v) is 11.5. The summed E-state index contributed by atoms with van der Waals surface area (Å²) in [5.41, 5.74) is 0. The summed E-state index contributed by atoms with van der Waals surface area (Å²) < 4.78 is 30.9. The predicted molar refractivity (Wildman–Crippen MR) is 69.0 cm³/mol. The average Bonchev–Trinajstić information content (AvgIpc) is 2.98. The Morgan fingerprint density at radius 2 is 2.16 bits per heavy atom. The van der Waals surface area contributed by atoms with Gasteiger partial charge in [-0.1, -0.05) is 18.0 Å². The minimum atomic E-state index is -3.40. The number of rotatable bonds is 5. The Kier molecular flexibility index (Phi) is 4.20. The summed E-state index contributed by atoms with van der Waals surface area (Å²) in [7, 11) is -3.40. The van der Waals surface area contributed by atoms with E-state index in [2.05, 4.69) is 15.2 Å². The van der Waals surface area contributed by atoms with Crippen molar-refractivity contribution in [2.45, 2.75) is 37.9 Å². The van der Waals surface area contributed by atoms with Gasteiger partial charge in [-0.25, -0.2) is 13.1 Å². The van der Waals surface area contributed by atoms with Gasteiger partial charge in [-0.2, -0.15) is 0 Å². The number of nitrogens with zero attached hydrogens (tertiary/aromatic N) is 1. The molecule has 2 rings (SSSR count). The molecule has 0 aliphatic heterocycles. The zero-order valence-electron chi connectivity index (χ0n) is 10.7. The smallest absolute Gasteiger partial charge is 0.240 e. The van der Waals surface area contributed by atoms with E-state index in [0.717, 1.165) is 12.8 Å². The summed E-state index contributed by atoms with van der Waals surface area (Å²) in [4.78, 5) is 11.6. The summed E-state index contributed by atoms with van der Waals surface area (Å²) in [5.74, 6) is 0.388. The Hall–Kier alpha value is -1.41. The monoisotopic (exact) mass is 287 g/mol. The van der Waals surface area contributed by atoms with Gasteiger partial charge < -0.3 is 9.84 Å². The van der Waals surface area contributed by atoms with Crippen LogP contribution in [0.25, 0.3) is 0 Å². The molecule has 8 heteroatoms. The third-order valence-corrected chi connectivity index (χ3v) is 4.97. The van der Waals surface area contributed by atoms with Crippen molar-refractivity contribution in [3.05, 3.63) is 11.8 Å². The number of amides is 1. The lowest BCUT2D eigenvalue weighted by Crippen LogP contribution is -2.38. The summed E-state index contributed by atoms with van der Waals surface area (Å²) >= 11 is 0. The number of anilines is 1. The van der Waals surface area contributed by atoms with Gasteiger partial charge in [-0.3, -0.25) is 4.79 Å². The molecule has 1 fully saturated rings. The maximum absolute atomic E-state index is 11.9. The van der Waals surface area contributed by atoms with Crippen LogP contribution in [-0.4, -0.2) is 31.3 Å². The van der Waals surface area contributed by atoms with E-state index in [1.165, 1.54) is 0 Å². The minimum absolute atomic E-state index is 0.280. The lowest BCUT2D eigenvalue weighted by molar-refractivity contribution is -0.115. The molecule has 19 heavy (non-hydrogen) atoms. The van der Waals surface area contributed by atoms with E-state index in [1.54, 1.807) is 13.0 Å². The van der Waals surface area contributed by atoms with Crippen LogP contribution in [0, 0.1) is 6.92 Å². The first-order valence-electron chi connectivity index (χ1n) is 6.19. The van der Waals surface area contributed by atoms with Crippen LogP contribution in [0.2, 0.25) is 0 Å². The maximum Gasteiger partial charge on any atom is 0.240 e. The molecule has 106 valence electrons. The number of hydrogen-bond acceptors (Lipinski definition) is 5. The molecule has 0 radical (unpaired) electrons. The fourth-order valence-corrected chi connectivity index (χ4v) is 3.62. The molecule has 1 amide bonds. The number of carbonyl (C=O) groups is 1. The topological polar surface area (TPSA) is 101 Å². The van der Waals surface area contributed by atoms with Crippen molar-refractivity contribution < 1.29 is 17.7 Å². The van der Waals surface area contributed by atoms with Crippen LogP contribution < -0.4 is 10.0 Å². The van der Waals surface area contributed by atoms with E-state index in [9.17, 15) is 13.2 Å². The van der Waals surface area contributed by atoms with Crippen LogP contribution in [0.4, 0.5) is 5.82 Å². The molecule has 0 unspecified atom stereocenters. The molecule has 0 saturated heterocycles. The van der Waals surface area contributed by atoms with Gasteiger partial charge in [-0.05, 0) is 19.8 Å². The highest BCUT2D eigenvalue weighted by atomic mass is 32.2. The van der Waals surface area contributed by atoms with Crippen LogP contribution in [-0.2, 0) is 14.8 Å². The Labute approximate surface area is 111 Å². The lowest BCUT2D eigenvalue weighted by Gasteiger charge is -2.11.